The fourth-order valence-electron chi connectivity index (χ4n) is 0.751. The Labute approximate surface area is 73.6 Å². The first-order chi connectivity index (χ1) is 6.13. The van der Waals surface area contributed by atoms with Crippen LogP contribution in [0, 0.1) is 0 Å². The Morgan fingerprint density at radius 2 is 2.38 bits per heavy atom. The second-order valence-electron chi connectivity index (χ2n) is 2.35. The SMILES string of the molecule is COC(=O)Cc1cc(=O)c(O)co1. The van der Waals surface area contributed by atoms with Crippen molar-refractivity contribution in [2.24, 2.45) is 0 Å². The molecule has 0 bridgehead atoms. The molecule has 5 nitrogen and oxygen atoms in total. The van der Waals surface area contributed by atoms with Crippen molar-refractivity contribution in [3.8, 4) is 5.75 Å². The van der Waals surface area contributed by atoms with Crippen molar-refractivity contribution in [2.45, 2.75) is 6.42 Å². The van der Waals surface area contributed by atoms with Gasteiger partial charge in [-0.05, 0) is 0 Å². The van der Waals surface area contributed by atoms with Crippen LogP contribution in [-0.4, -0.2) is 18.2 Å². The minimum absolute atomic E-state index is 0.119. The number of esters is 1. The highest BCUT2D eigenvalue weighted by Crippen LogP contribution is 2.04. The lowest BCUT2D eigenvalue weighted by Gasteiger charge is -1.97. The summed E-state index contributed by atoms with van der Waals surface area (Å²) in [5.41, 5.74) is -0.579. The van der Waals surface area contributed by atoms with E-state index in [0.717, 1.165) is 12.3 Å². The average Bonchev–Trinajstić information content (AvgIpc) is 2.11. The number of methoxy groups -OCH3 is 1. The third-order valence-corrected chi connectivity index (χ3v) is 1.41. The zero-order valence-electron chi connectivity index (χ0n) is 6.94. The molecule has 0 saturated heterocycles. The van der Waals surface area contributed by atoms with E-state index in [2.05, 4.69) is 4.74 Å². The summed E-state index contributed by atoms with van der Waals surface area (Å²) in [6, 6.07) is 1.05. The highest BCUT2D eigenvalue weighted by atomic mass is 16.5. The maximum absolute atomic E-state index is 10.8. The molecule has 0 aliphatic heterocycles. The third-order valence-electron chi connectivity index (χ3n) is 1.41. The molecule has 0 atom stereocenters. The predicted octanol–water partition coefficient (Wildman–Crippen LogP) is 0.0609. The van der Waals surface area contributed by atoms with Gasteiger partial charge in [-0.1, -0.05) is 0 Å². The lowest BCUT2D eigenvalue weighted by Crippen LogP contribution is -2.07. The molecular formula is C8H8O5. The number of aromatic hydroxyl groups is 1. The fourth-order valence-corrected chi connectivity index (χ4v) is 0.751. The first-order valence-corrected chi connectivity index (χ1v) is 3.51. The Bertz CT molecular complexity index is 365. The average molecular weight is 184 g/mol. The van der Waals surface area contributed by atoms with Crippen molar-refractivity contribution in [2.75, 3.05) is 7.11 Å². The van der Waals surface area contributed by atoms with E-state index in [1.54, 1.807) is 0 Å². The molecule has 0 saturated carbocycles. The molecule has 13 heavy (non-hydrogen) atoms. The second-order valence-corrected chi connectivity index (χ2v) is 2.35. The first kappa shape index (κ1) is 9.31. The Kier molecular flexibility index (Phi) is 2.69. The molecule has 0 aliphatic rings. The summed E-state index contributed by atoms with van der Waals surface area (Å²) in [6.07, 6.45) is 0.770. The van der Waals surface area contributed by atoms with Gasteiger partial charge in [0.25, 0.3) is 0 Å². The van der Waals surface area contributed by atoms with E-state index in [1.165, 1.54) is 7.11 Å². The fraction of sp³-hybridized carbons (Fsp3) is 0.250. The van der Waals surface area contributed by atoms with Crippen LogP contribution in [0.25, 0.3) is 0 Å². The molecule has 1 aromatic rings. The van der Waals surface area contributed by atoms with Gasteiger partial charge in [0, 0.05) is 6.07 Å². The van der Waals surface area contributed by atoms with E-state index in [0.29, 0.717) is 0 Å². The first-order valence-electron chi connectivity index (χ1n) is 3.51. The van der Waals surface area contributed by atoms with Gasteiger partial charge in [-0.25, -0.2) is 0 Å². The zero-order chi connectivity index (χ0) is 9.84. The van der Waals surface area contributed by atoms with E-state index in [1.807, 2.05) is 0 Å². The number of rotatable bonds is 2. The highest BCUT2D eigenvalue weighted by molar-refractivity contribution is 5.71. The molecule has 0 fully saturated rings. The molecule has 0 radical (unpaired) electrons. The predicted molar refractivity (Wildman–Crippen MR) is 42.4 cm³/mol. The maximum atomic E-state index is 10.8. The number of carbonyl (C=O) groups is 1. The Morgan fingerprint density at radius 1 is 1.69 bits per heavy atom. The van der Waals surface area contributed by atoms with Gasteiger partial charge in [-0.3, -0.25) is 9.59 Å². The smallest absolute Gasteiger partial charge is 0.313 e. The number of carbonyl (C=O) groups excluding carboxylic acids is 1. The van der Waals surface area contributed by atoms with Gasteiger partial charge >= 0.3 is 5.97 Å². The Balaban J connectivity index is 2.86. The molecule has 1 rings (SSSR count). The van der Waals surface area contributed by atoms with Crippen LogP contribution in [0.3, 0.4) is 0 Å². The third kappa shape index (κ3) is 2.33. The van der Waals surface area contributed by atoms with Gasteiger partial charge in [0.05, 0.1) is 7.11 Å². The summed E-state index contributed by atoms with van der Waals surface area (Å²) in [4.78, 5) is 21.6. The number of ether oxygens (including phenoxy) is 1. The van der Waals surface area contributed by atoms with E-state index in [-0.39, 0.29) is 12.2 Å². The van der Waals surface area contributed by atoms with Crippen LogP contribution < -0.4 is 5.43 Å². The molecule has 1 aromatic heterocycles. The summed E-state index contributed by atoms with van der Waals surface area (Å²) < 4.78 is 9.12. The molecule has 0 aliphatic carbocycles. The quantitative estimate of drug-likeness (QED) is 0.657. The Hall–Kier alpha value is -1.78. The van der Waals surface area contributed by atoms with Crippen molar-refractivity contribution < 1.29 is 19.1 Å². The molecule has 5 heteroatoms. The molecule has 0 spiro atoms. The maximum Gasteiger partial charge on any atom is 0.313 e. The summed E-state index contributed by atoms with van der Waals surface area (Å²) in [5, 5.41) is 8.81. The van der Waals surface area contributed by atoms with Gasteiger partial charge in [0.2, 0.25) is 5.43 Å². The van der Waals surface area contributed by atoms with Crippen LogP contribution in [0.2, 0.25) is 0 Å². The van der Waals surface area contributed by atoms with Gasteiger partial charge in [-0.15, -0.1) is 0 Å². The zero-order valence-corrected chi connectivity index (χ0v) is 6.94. The van der Waals surface area contributed by atoms with Crippen LogP contribution in [0.15, 0.2) is 21.5 Å². The minimum atomic E-state index is -0.579. The van der Waals surface area contributed by atoms with Crippen LogP contribution in [0.1, 0.15) is 5.76 Å². The lowest BCUT2D eigenvalue weighted by atomic mass is 10.3. The standard InChI is InChI=1S/C8H8O5/c1-12-8(11)3-5-2-6(9)7(10)4-13-5/h2,4,10H,3H2,1H3. The van der Waals surface area contributed by atoms with Crippen molar-refractivity contribution in [1.29, 1.82) is 0 Å². The largest absolute Gasteiger partial charge is 0.502 e. The summed E-state index contributed by atoms with van der Waals surface area (Å²) >= 11 is 0. The van der Waals surface area contributed by atoms with Crippen molar-refractivity contribution >= 4 is 5.97 Å². The molecule has 0 aromatic carbocycles. The van der Waals surface area contributed by atoms with Crippen molar-refractivity contribution in [3.63, 3.8) is 0 Å². The highest BCUT2D eigenvalue weighted by Gasteiger charge is 2.07. The second kappa shape index (κ2) is 3.75. The van der Waals surface area contributed by atoms with Crippen molar-refractivity contribution in [3.05, 3.63) is 28.3 Å². The van der Waals surface area contributed by atoms with Crippen LogP contribution in [-0.2, 0) is 16.0 Å². The monoisotopic (exact) mass is 184 g/mol. The molecule has 70 valence electrons. The molecule has 0 amide bonds. The van der Waals surface area contributed by atoms with Crippen LogP contribution in [0.4, 0.5) is 0 Å². The molecular weight excluding hydrogens is 176 g/mol. The van der Waals surface area contributed by atoms with Gasteiger partial charge in [0.15, 0.2) is 5.75 Å². The van der Waals surface area contributed by atoms with Crippen molar-refractivity contribution in [1.82, 2.24) is 0 Å². The lowest BCUT2D eigenvalue weighted by molar-refractivity contribution is -0.140. The molecule has 1 N–H and O–H groups in total. The van der Waals surface area contributed by atoms with E-state index in [9.17, 15) is 9.59 Å². The topological polar surface area (TPSA) is 76.7 Å². The molecule has 0 unspecified atom stereocenters. The Morgan fingerprint density at radius 3 is 2.92 bits per heavy atom. The van der Waals surface area contributed by atoms with E-state index < -0.39 is 17.1 Å². The van der Waals surface area contributed by atoms with Gasteiger partial charge in [0.1, 0.15) is 18.4 Å². The van der Waals surface area contributed by atoms with Gasteiger partial charge in [-0.2, -0.15) is 0 Å². The van der Waals surface area contributed by atoms with Crippen LogP contribution in [0.5, 0.6) is 5.75 Å². The van der Waals surface area contributed by atoms with Crippen LogP contribution >= 0.6 is 0 Å². The summed E-state index contributed by atoms with van der Waals surface area (Å²) in [6.45, 7) is 0. The van der Waals surface area contributed by atoms with E-state index >= 15 is 0 Å². The van der Waals surface area contributed by atoms with E-state index in [4.69, 9.17) is 9.52 Å². The number of hydrogen-bond acceptors (Lipinski definition) is 5. The summed E-state index contributed by atoms with van der Waals surface area (Å²) in [5.74, 6) is -0.822. The molecule has 1 heterocycles. The normalized spacial score (nSPS) is 9.62. The van der Waals surface area contributed by atoms with Gasteiger partial charge < -0.3 is 14.3 Å². The summed E-state index contributed by atoms with van der Waals surface area (Å²) in [7, 11) is 1.24. The minimum Gasteiger partial charge on any atom is -0.502 e. The number of hydrogen-bond donors (Lipinski definition) is 1.